The second-order valence-electron chi connectivity index (χ2n) is 4.50. The molecule has 3 nitrogen and oxygen atoms in total. The third kappa shape index (κ3) is 5.62. The number of hydrogen-bond donors (Lipinski definition) is 0. The first-order valence-electron chi connectivity index (χ1n) is 7.31. The summed E-state index contributed by atoms with van der Waals surface area (Å²) in [5, 5.41) is 0. The molecule has 0 fully saturated rings. The maximum Gasteiger partial charge on any atom is 0.354 e. The van der Waals surface area contributed by atoms with Crippen LogP contribution in [0.5, 0.6) is 0 Å². The van der Waals surface area contributed by atoms with Gasteiger partial charge in [0.1, 0.15) is 0 Å². The van der Waals surface area contributed by atoms with Crippen LogP contribution in [-0.4, -0.2) is 13.2 Å². The second kappa shape index (κ2) is 9.12. The zero-order chi connectivity index (χ0) is 14.8. The van der Waals surface area contributed by atoms with Crippen LogP contribution in [-0.2, 0) is 13.6 Å². The summed E-state index contributed by atoms with van der Waals surface area (Å²) < 4.78 is 23.4. The molecule has 0 aliphatic carbocycles. The van der Waals surface area contributed by atoms with Crippen molar-refractivity contribution in [2.24, 2.45) is 0 Å². The van der Waals surface area contributed by atoms with Gasteiger partial charge in [-0.05, 0) is 37.8 Å². The number of rotatable bonds is 9. The molecule has 0 heterocycles. The molecule has 0 saturated carbocycles. The summed E-state index contributed by atoms with van der Waals surface area (Å²) >= 11 is 0. The van der Waals surface area contributed by atoms with Gasteiger partial charge >= 0.3 is 7.60 Å². The molecule has 0 unspecified atom stereocenters. The maximum absolute atomic E-state index is 12.6. The van der Waals surface area contributed by atoms with Crippen molar-refractivity contribution in [2.45, 2.75) is 40.0 Å². The lowest BCUT2D eigenvalue weighted by Gasteiger charge is -2.16. The van der Waals surface area contributed by atoms with Crippen LogP contribution in [0, 0.1) is 0 Å². The van der Waals surface area contributed by atoms with Crippen molar-refractivity contribution in [3.8, 4) is 0 Å². The molecule has 0 saturated heterocycles. The third-order valence-electron chi connectivity index (χ3n) is 2.88. The van der Waals surface area contributed by atoms with Crippen LogP contribution >= 0.6 is 7.60 Å². The molecule has 0 atom stereocenters. The van der Waals surface area contributed by atoms with Crippen LogP contribution in [0.1, 0.15) is 45.6 Å². The van der Waals surface area contributed by atoms with E-state index in [2.05, 4.69) is 6.92 Å². The Bertz CT molecular complexity index is 444. The molecule has 4 heteroatoms. The molecule has 1 rings (SSSR count). The number of hydrogen-bond acceptors (Lipinski definition) is 3. The Hall–Kier alpha value is -0.890. The monoisotopic (exact) mass is 296 g/mol. The summed E-state index contributed by atoms with van der Waals surface area (Å²) in [6.07, 6.45) is 3.03. The first-order chi connectivity index (χ1) is 9.65. The molecular formula is C16H25O3P. The Kier molecular flexibility index (Phi) is 7.83. The van der Waals surface area contributed by atoms with Crippen LogP contribution in [0.25, 0.3) is 5.57 Å². The van der Waals surface area contributed by atoms with E-state index in [1.165, 1.54) is 0 Å². The van der Waals surface area contributed by atoms with Gasteiger partial charge in [0.2, 0.25) is 0 Å². The van der Waals surface area contributed by atoms with E-state index >= 15 is 0 Å². The van der Waals surface area contributed by atoms with Crippen molar-refractivity contribution in [3.63, 3.8) is 0 Å². The van der Waals surface area contributed by atoms with Gasteiger partial charge < -0.3 is 9.05 Å². The summed E-state index contributed by atoms with van der Waals surface area (Å²) in [4.78, 5) is 0. The highest BCUT2D eigenvalue weighted by molar-refractivity contribution is 7.57. The van der Waals surface area contributed by atoms with Gasteiger partial charge in [0.05, 0.1) is 13.2 Å². The van der Waals surface area contributed by atoms with Crippen molar-refractivity contribution in [1.82, 2.24) is 0 Å². The molecule has 20 heavy (non-hydrogen) atoms. The Morgan fingerprint density at radius 1 is 1.10 bits per heavy atom. The molecule has 0 radical (unpaired) electrons. The van der Waals surface area contributed by atoms with E-state index in [0.29, 0.717) is 13.2 Å². The van der Waals surface area contributed by atoms with Crippen molar-refractivity contribution in [1.29, 1.82) is 0 Å². The minimum Gasteiger partial charge on any atom is -0.306 e. The maximum atomic E-state index is 12.6. The molecule has 1 aromatic carbocycles. The molecule has 0 amide bonds. The summed E-state index contributed by atoms with van der Waals surface area (Å²) in [5.41, 5.74) is 2.12. The van der Waals surface area contributed by atoms with E-state index in [1.54, 1.807) is 5.82 Å². The third-order valence-corrected chi connectivity index (χ3v) is 4.74. The summed E-state index contributed by atoms with van der Waals surface area (Å²) in [7, 11) is -3.14. The highest BCUT2D eigenvalue weighted by Crippen LogP contribution is 2.52. The lowest BCUT2D eigenvalue weighted by atomic mass is 10.0. The predicted molar refractivity (Wildman–Crippen MR) is 84.8 cm³/mol. The minimum absolute atomic E-state index is 0.379. The van der Waals surface area contributed by atoms with Crippen LogP contribution in [0.15, 0.2) is 36.1 Å². The highest BCUT2D eigenvalue weighted by atomic mass is 31.2. The summed E-state index contributed by atoms with van der Waals surface area (Å²) in [5.74, 6) is 1.70. The van der Waals surface area contributed by atoms with Gasteiger partial charge in [-0.15, -0.1) is 0 Å². The smallest absolute Gasteiger partial charge is 0.306 e. The van der Waals surface area contributed by atoms with Gasteiger partial charge in [0, 0.05) is 5.82 Å². The Labute approximate surface area is 122 Å². The average molecular weight is 296 g/mol. The largest absolute Gasteiger partial charge is 0.354 e. The van der Waals surface area contributed by atoms with E-state index in [0.717, 1.165) is 30.4 Å². The minimum atomic E-state index is -3.14. The van der Waals surface area contributed by atoms with Crippen molar-refractivity contribution in [2.75, 3.05) is 13.2 Å². The van der Waals surface area contributed by atoms with Gasteiger partial charge in [0.15, 0.2) is 0 Å². The van der Waals surface area contributed by atoms with Gasteiger partial charge in [-0.1, -0.05) is 43.7 Å². The highest BCUT2D eigenvalue weighted by Gasteiger charge is 2.21. The van der Waals surface area contributed by atoms with Gasteiger partial charge in [-0.25, -0.2) is 0 Å². The summed E-state index contributed by atoms with van der Waals surface area (Å²) in [6.45, 7) is 6.56. The van der Waals surface area contributed by atoms with Crippen molar-refractivity contribution >= 4 is 13.2 Å². The fraction of sp³-hybridized carbons (Fsp3) is 0.500. The molecule has 1 aromatic rings. The first-order valence-corrected chi connectivity index (χ1v) is 8.92. The molecule has 0 bridgehead atoms. The molecule has 0 aliphatic rings. The Morgan fingerprint density at radius 2 is 1.70 bits per heavy atom. The number of unbranched alkanes of at least 4 members (excludes halogenated alkanes) is 1. The van der Waals surface area contributed by atoms with Crippen molar-refractivity contribution < 1.29 is 13.6 Å². The molecule has 0 N–H and O–H groups in total. The molecule has 0 spiro atoms. The van der Waals surface area contributed by atoms with E-state index in [-0.39, 0.29) is 0 Å². The fourth-order valence-corrected chi connectivity index (χ4v) is 3.57. The van der Waals surface area contributed by atoms with E-state index in [9.17, 15) is 4.57 Å². The fourth-order valence-electron chi connectivity index (χ4n) is 1.97. The average Bonchev–Trinajstić information content (AvgIpc) is 2.45. The van der Waals surface area contributed by atoms with Crippen LogP contribution < -0.4 is 0 Å². The van der Waals surface area contributed by atoms with E-state index < -0.39 is 7.60 Å². The van der Waals surface area contributed by atoms with Gasteiger partial charge in [-0.3, -0.25) is 4.57 Å². The quantitative estimate of drug-likeness (QED) is 0.566. The lowest BCUT2D eigenvalue weighted by molar-refractivity contribution is 0.229. The van der Waals surface area contributed by atoms with Crippen LogP contribution in [0.4, 0.5) is 0 Å². The van der Waals surface area contributed by atoms with Crippen LogP contribution in [0.3, 0.4) is 0 Å². The zero-order valence-electron chi connectivity index (χ0n) is 12.7. The lowest BCUT2D eigenvalue weighted by Crippen LogP contribution is -1.95. The standard InChI is InChI=1S/C16H25O3P/c1-4-7-11-16(15-12-9-8-10-13-15)14-20(17,18-5-2)19-6-3/h8-10,12-14H,4-7,11H2,1-3H3/b16-14-. The number of benzene rings is 1. The van der Waals surface area contributed by atoms with Crippen molar-refractivity contribution in [3.05, 3.63) is 41.7 Å². The zero-order valence-corrected chi connectivity index (χ0v) is 13.6. The molecular weight excluding hydrogens is 271 g/mol. The second-order valence-corrected chi connectivity index (χ2v) is 6.35. The van der Waals surface area contributed by atoms with Crippen LogP contribution in [0.2, 0.25) is 0 Å². The topological polar surface area (TPSA) is 35.5 Å². The molecule has 0 aromatic heterocycles. The Morgan fingerprint density at radius 3 is 2.20 bits per heavy atom. The van der Waals surface area contributed by atoms with Gasteiger partial charge in [0.25, 0.3) is 0 Å². The normalized spacial score (nSPS) is 12.7. The Balaban J connectivity index is 3.07. The van der Waals surface area contributed by atoms with E-state index in [1.807, 2.05) is 44.2 Å². The predicted octanol–water partition coefficient (Wildman–Crippen LogP) is 5.48. The molecule has 0 aliphatic heterocycles. The van der Waals surface area contributed by atoms with E-state index in [4.69, 9.17) is 9.05 Å². The first kappa shape index (κ1) is 17.2. The summed E-state index contributed by atoms with van der Waals surface area (Å²) in [6, 6.07) is 10.0. The number of allylic oxidation sites excluding steroid dienone is 1. The SMILES string of the molecule is CCCC/C(=C/P(=O)(OCC)OCC)c1ccccc1. The molecule has 112 valence electrons. The van der Waals surface area contributed by atoms with Gasteiger partial charge in [-0.2, -0.15) is 0 Å².